The Labute approximate surface area is 313 Å². The van der Waals surface area contributed by atoms with Crippen molar-refractivity contribution < 1.29 is 56.1 Å². The number of amides is 4. The van der Waals surface area contributed by atoms with E-state index in [1.165, 1.54) is 12.2 Å². The van der Waals surface area contributed by atoms with Crippen LogP contribution in [0.15, 0.2) is 66.9 Å². The molecule has 0 bridgehead atoms. The van der Waals surface area contributed by atoms with Crippen molar-refractivity contribution in [1.29, 1.82) is 0 Å². The van der Waals surface area contributed by atoms with E-state index in [-0.39, 0.29) is 42.7 Å². The third-order valence-electron chi connectivity index (χ3n) is 9.24. The molecule has 2 heterocycles. The van der Waals surface area contributed by atoms with Crippen molar-refractivity contribution in [2.24, 2.45) is 17.3 Å². The molecule has 17 heteroatoms. The average molecular weight is 776 g/mol. The lowest BCUT2D eigenvalue weighted by molar-refractivity contribution is -0.192. The van der Waals surface area contributed by atoms with E-state index in [2.05, 4.69) is 5.32 Å². The van der Waals surface area contributed by atoms with Crippen molar-refractivity contribution in [1.82, 2.24) is 24.7 Å². The van der Waals surface area contributed by atoms with Gasteiger partial charge >= 0.3 is 12.1 Å². The number of aromatic nitrogens is 2. The van der Waals surface area contributed by atoms with Gasteiger partial charge in [0.05, 0.1) is 11.7 Å². The van der Waals surface area contributed by atoms with Crippen LogP contribution in [0.1, 0.15) is 57.5 Å². The predicted octanol–water partition coefficient (Wildman–Crippen LogP) is 4.88. The number of hydrogen-bond donors (Lipinski definition) is 3. The minimum absolute atomic E-state index is 0.0172. The van der Waals surface area contributed by atoms with Crippen molar-refractivity contribution in [3.63, 3.8) is 0 Å². The molecule has 4 amide bonds. The van der Waals surface area contributed by atoms with Gasteiger partial charge in [0, 0.05) is 56.0 Å². The lowest BCUT2D eigenvalue weighted by atomic mass is 9.83. The number of nitrogens with zero attached hydrogens (tertiary/aromatic N) is 4. The van der Waals surface area contributed by atoms with E-state index < -0.39 is 65.5 Å². The number of carboxylic acid groups (broad SMARTS) is 1. The van der Waals surface area contributed by atoms with Gasteiger partial charge in [-0.05, 0) is 47.9 Å². The van der Waals surface area contributed by atoms with Crippen molar-refractivity contribution >= 4 is 29.6 Å². The quantitative estimate of drug-likeness (QED) is 0.173. The summed E-state index contributed by atoms with van der Waals surface area (Å²) < 4.78 is 62.9. The summed E-state index contributed by atoms with van der Waals surface area (Å²) in [6, 6.07) is 12.0. The van der Waals surface area contributed by atoms with E-state index in [4.69, 9.17) is 14.9 Å². The Hall–Kier alpha value is -5.45. The molecule has 1 saturated carbocycles. The van der Waals surface area contributed by atoms with Crippen LogP contribution in [0, 0.1) is 28.9 Å². The molecule has 5 rings (SSSR count). The zero-order valence-corrected chi connectivity index (χ0v) is 30.4. The second-order valence-electron chi connectivity index (χ2n) is 14.2. The first-order valence-electron chi connectivity index (χ1n) is 17.4. The van der Waals surface area contributed by atoms with Gasteiger partial charge in [-0.2, -0.15) is 13.2 Å². The van der Waals surface area contributed by atoms with Gasteiger partial charge in [0.15, 0.2) is 0 Å². The van der Waals surface area contributed by atoms with Crippen molar-refractivity contribution in [2.75, 3.05) is 26.2 Å². The molecule has 1 aromatic heterocycles. The van der Waals surface area contributed by atoms with Crippen LogP contribution >= 0.6 is 0 Å². The fourth-order valence-electron chi connectivity index (χ4n) is 6.74. The van der Waals surface area contributed by atoms with Crippen LogP contribution in [0.25, 0.3) is 11.3 Å². The molecule has 0 radical (unpaired) electrons. The van der Waals surface area contributed by atoms with Gasteiger partial charge in [-0.25, -0.2) is 18.6 Å². The van der Waals surface area contributed by atoms with E-state index >= 15 is 4.39 Å². The topological polar surface area (TPSA) is 162 Å². The molecular formula is C38H42F5N5O7. The summed E-state index contributed by atoms with van der Waals surface area (Å²) in [5.74, 6) is -5.90. The van der Waals surface area contributed by atoms with Gasteiger partial charge in [-0.1, -0.05) is 57.5 Å². The van der Waals surface area contributed by atoms with Crippen molar-refractivity contribution in [2.45, 2.75) is 58.8 Å². The monoisotopic (exact) mass is 775 g/mol. The molecule has 2 unspecified atom stereocenters. The number of aliphatic hydroxyl groups is 1. The van der Waals surface area contributed by atoms with Crippen LogP contribution in [0.2, 0.25) is 0 Å². The van der Waals surface area contributed by atoms with E-state index in [9.17, 15) is 41.8 Å². The number of benzene rings is 2. The number of aliphatic carboxylic acids is 1. The van der Waals surface area contributed by atoms with Gasteiger partial charge in [-0.3, -0.25) is 24.1 Å². The Morgan fingerprint density at radius 3 is 2.22 bits per heavy atom. The first-order chi connectivity index (χ1) is 25.8. The van der Waals surface area contributed by atoms with Crippen molar-refractivity contribution in [3.8, 4) is 11.3 Å². The zero-order valence-electron chi connectivity index (χ0n) is 30.4. The highest BCUT2D eigenvalue weighted by molar-refractivity contribution is 6.12. The second kappa shape index (κ2) is 17.8. The number of imide groups is 1. The lowest BCUT2D eigenvalue weighted by Gasteiger charge is -2.41. The van der Waals surface area contributed by atoms with Crippen LogP contribution in [0.3, 0.4) is 0 Å². The van der Waals surface area contributed by atoms with Crippen LogP contribution < -0.4 is 5.32 Å². The standard InChI is InChI=1S/C36H41F2N5O5.C2HF3O2/c1-36(2,3)33(34-40-29(27-18-25(37)12-13-28(27)38)21-41(34)19-23-8-5-4-6-9-23)43(32(47)22-44)20-24-10-7-11-26(24)35(48)39-16-17-42-30(45)14-15-31(42)46;3-2(4,5)1(6)7/h4-6,8-9,12-15,18,21,24,26,33,44H,7,10-11,16-17,19-20,22H2,1-3H3,(H,39,48);(H,6,7)/t24?,26?,33-;/m0./s1. The van der Waals surface area contributed by atoms with Crippen LogP contribution in [0.5, 0.6) is 0 Å². The minimum Gasteiger partial charge on any atom is -0.475 e. The van der Waals surface area contributed by atoms with Gasteiger partial charge in [-0.15, -0.1) is 0 Å². The van der Waals surface area contributed by atoms with E-state index in [1.54, 1.807) is 11.1 Å². The molecule has 2 aliphatic rings. The first-order valence-corrected chi connectivity index (χ1v) is 17.4. The maximum Gasteiger partial charge on any atom is 0.490 e. The van der Waals surface area contributed by atoms with Gasteiger partial charge < -0.3 is 25.0 Å². The Morgan fingerprint density at radius 1 is 1.00 bits per heavy atom. The number of aliphatic hydroxyl groups excluding tert-OH is 1. The third-order valence-corrected chi connectivity index (χ3v) is 9.24. The van der Waals surface area contributed by atoms with E-state index in [0.29, 0.717) is 25.2 Å². The smallest absolute Gasteiger partial charge is 0.475 e. The highest BCUT2D eigenvalue weighted by Crippen LogP contribution is 2.42. The Balaban J connectivity index is 0.000000876. The summed E-state index contributed by atoms with van der Waals surface area (Å²) in [6.07, 6.45) is 0.957. The van der Waals surface area contributed by atoms with Crippen LogP contribution in [-0.4, -0.2) is 91.6 Å². The number of rotatable bonds is 12. The van der Waals surface area contributed by atoms with Gasteiger partial charge in [0.2, 0.25) is 11.8 Å². The molecule has 0 saturated heterocycles. The average Bonchev–Trinajstić information content (AvgIpc) is 3.84. The summed E-state index contributed by atoms with van der Waals surface area (Å²) in [5, 5.41) is 20.2. The van der Waals surface area contributed by atoms with E-state index in [1.807, 2.05) is 55.7 Å². The summed E-state index contributed by atoms with van der Waals surface area (Å²) in [7, 11) is 0. The molecule has 55 heavy (non-hydrogen) atoms. The summed E-state index contributed by atoms with van der Waals surface area (Å²) in [6.45, 7) is 5.67. The molecule has 12 nitrogen and oxygen atoms in total. The molecule has 296 valence electrons. The number of hydrogen-bond acceptors (Lipinski definition) is 7. The number of alkyl halides is 3. The number of halogens is 5. The Morgan fingerprint density at radius 2 is 1.64 bits per heavy atom. The molecule has 3 atom stereocenters. The fourth-order valence-corrected chi connectivity index (χ4v) is 6.74. The highest BCUT2D eigenvalue weighted by Gasteiger charge is 2.42. The SMILES string of the molecule is CC(C)(C)[C@H](c1nc(-c2cc(F)ccc2F)cn1Cc1ccccc1)N(CC1CCCC1C(=O)NCCN1C(=O)C=CC1=O)C(=O)CO.O=C(O)C(F)(F)F. The molecule has 1 aliphatic heterocycles. The molecule has 3 N–H and O–H groups in total. The number of carbonyl (C=O) groups is 5. The fraction of sp³-hybridized carbons (Fsp3) is 0.421. The third kappa shape index (κ3) is 10.8. The maximum absolute atomic E-state index is 15.0. The molecule has 2 aromatic carbocycles. The van der Waals surface area contributed by atoms with Crippen LogP contribution in [0.4, 0.5) is 22.0 Å². The summed E-state index contributed by atoms with van der Waals surface area (Å²) in [4.78, 5) is 67.1. The number of carbonyl (C=O) groups excluding carboxylic acids is 4. The molecular weight excluding hydrogens is 733 g/mol. The zero-order chi connectivity index (χ0) is 40.7. The van der Waals surface area contributed by atoms with Gasteiger partial charge in [0.25, 0.3) is 11.8 Å². The normalized spacial score (nSPS) is 17.5. The largest absolute Gasteiger partial charge is 0.490 e. The predicted molar refractivity (Wildman–Crippen MR) is 188 cm³/mol. The molecule has 1 aliphatic carbocycles. The van der Waals surface area contributed by atoms with Crippen LogP contribution in [-0.2, 0) is 30.5 Å². The highest BCUT2D eigenvalue weighted by atomic mass is 19.4. The van der Waals surface area contributed by atoms with E-state index in [0.717, 1.165) is 35.1 Å². The van der Waals surface area contributed by atoms with Crippen molar-refractivity contribution in [3.05, 3.63) is 89.9 Å². The number of imidazole rings is 1. The molecule has 3 aromatic rings. The van der Waals surface area contributed by atoms with Gasteiger partial charge in [0.1, 0.15) is 24.1 Å². The Bertz CT molecular complexity index is 1890. The Kier molecular flexibility index (Phi) is 13.7. The lowest BCUT2D eigenvalue weighted by Crippen LogP contribution is -2.48. The maximum atomic E-state index is 15.0. The summed E-state index contributed by atoms with van der Waals surface area (Å²) >= 11 is 0. The second-order valence-corrected chi connectivity index (χ2v) is 14.2. The first kappa shape index (κ1) is 42.3. The molecule has 1 fully saturated rings. The number of nitrogens with one attached hydrogen (secondary N) is 1. The molecule has 0 spiro atoms. The summed E-state index contributed by atoms with van der Waals surface area (Å²) in [5.41, 5.74) is 0.459. The minimum atomic E-state index is -5.08. The number of carboxylic acids is 1.